The molecule has 1 aromatic heterocycles. The summed E-state index contributed by atoms with van der Waals surface area (Å²) >= 11 is 1.45. The molecule has 4 bridgehead atoms. The molecule has 2 unspecified atom stereocenters. The fourth-order valence-corrected chi connectivity index (χ4v) is 6.65. The average molecular weight is 387 g/mol. The van der Waals surface area contributed by atoms with Crippen LogP contribution in [0.5, 0.6) is 0 Å². The van der Waals surface area contributed by atoms with Crippen LogP contribution in [0.15, 0.2) is 29.6 Å². The Kier molecular flexibility index (Phi) is 3.92. The Balaban J connectivity index is 1.27. The number of hydrogen-bond donors (Lipinski definition) is 1. The molecule has 1 heterocycles. The van der Waals surface area contributed by atoms with Gasteiger partial charge in [-0.2, -0.15) is 0 Å². The Hall–Kier alpha value is -1.79. The van der Waals surface area contributed by atoms with Gasteiger partial charge in [0.05, 0.1) is 16.7 Å². The van der Waals surface area contributed by atoms with Gasteiger partial charge < -0.3 is 9.84 Å². The minimum Gasteiger partial charge on any atom is -0.459 e. The zero-order valence-electron chi connectivity index (χ0n) is 15.0. The van der Waals surface area contributed by atoms with Crippen LogP contribution in [0.3, 0.4) is 0 Å². The van der Waals surface area contributed by atoms with Crippen LogP contribution >= 0.6 is 11.3 Å². The van der Waals surface area contributed by atoms with E-state index in [-0.39, 0.29) is 18.4 Å². The van der Waals surface area contributed by atoms with Crippen LogP contribution in [0.4, 0.5) is 4.39 Å². The Morgan fingerprint density at radius 1 is 1.22 bits per heavy atom. The Morgan fingerprint density at radius 3 is 2.59 bits per heavy atom. The molecule has 2 aromatic rings. The third kappa shape index (κ3) is 3.09. The first kappa shape index (κ1) is 17.3. The molecule has 0 amide bonds. The number of aromatic nitrogens is 1. The first-order chi connectivity index (χ1) is 12.9. The van der Waals surface area contributed by atoms with Crippen molar-refractivity contribution in [2.75, 3.05) is 0 Å². The summed E-state index contributed by atoms with van der Waals surface area (Å²) in [6.45, 7) is 0.145. The van der Waals surface area contributed by atoms with Crippen LogP contribution in [0.1, 0.15) is 44.2 Å². The van der Waals surface area contributed by atoms with Crippen molar-refractivity contribution in [2.24, 2.45) is 17.3 Å². The highest BCUT2D eigenvalue weighted by Gasteiger charge is 2.60. The monoisotopic (exact) mass is 387 g/mol. The summed E-state index contributed by atoms with van der Waals surface area (Å²) in [5.74, 6) is 0.453. The van der Waals surface area contributed by atoms with Gasteiger partial charge in [0, 0.05) is 10.9 Å². The van der Waals surface area contributed by atoms with E-state index >= 15 is 0 Å². The molecular weight excluding hydrogens is 365 g/mol. The van der Waals surface area contributed by atoms with Crippen molar-refractivity contribution in [3.05, 3.63) is 41.2 Å². The van der Waals surface area contributed by atoms with Crippen LogP contribution in [-0.4, -0.2) is 21.7 Å². The molecule has 27 heavy (non-hydrogen) atoms. The number of carbonyl (C=O) groups excluding carboxylic acids is 1. The lowest BCUT2D eigenvalue weighted by molar-refractivity contribution is -0.197. The normalized spacial score (nSPS) is 34.0. The lowest BCUT2D eigenvalue weighted by Crippen LogP contribution is -2.58. The van der Waals surface area contributed by atoms with Gasteiger partial charge in [-0.1, -0.05) is 0 Å². The van der Waals surface area contributed by atoms with Gasteiger partial charge in [-0.25, -0.2) is 9.37 Å². The summed E-state index contributed by atoms with van der Waals surface area (Å²) < 4.78 is 18.7. The summed E-state index contributed by atoms with van der Waals surface area (Å²) in [6.07, 6.45) is 5.07. The molecule has 0 aliphatic heterocycles. The van der Waals surface area contributed by atoms with Gasteiger partial charge in [-0.3, -0.25) is 4.79 Å². The van der Waals surface area contributed by atoms with Crippen LogP contribution < -0.4 is 0 Å². The van der Waals surface area contributed by atoms with Crippen molar-refractivity contribution < 1.29 is 19.0 Å². The molecular formula is C21H22FNO3S. The highest BCUT2D eigenvalue weighted by Crippen LogP contribution is 2.62. The van der Waals surface area contributed by atoms with Crippen LogP contribution in [-0.2, 0) is 16.1 Å². The third-order valence-electron chi connectivity index (χ3n) is 6.46. The first-order valence-electron chi connectivity index (χ1n) is 9.53. The Labute approximate surface area is 161 Å². The molecule has 4 aliphatic carbocycles. The maximum Gasteiger partial charge on any atom is 0.312 e. The first-order valence-corrected chi connectivity index (χ1v) is 10.4. The van der Waals surface area contributed by atoms with Gasteiger partial charge in [-0.05, 0) is 74.6 Å². The molecule has 6 heteroatoms. The van der Waals surface area contributed by atoms with Crippen molar-refractivity contribution in [1.29, 1.82) is 0 Å². The second kappa shape index (κ2) is 6.11. The average Bonchev–Trinajstić information content (AvgIpc) is 3.07. The quantitative estimate of drug-likeness (QED) is 0.794. The van der Waals surface area contributed by atoms with Gasteiger partial charge in [0.2, 0.25) is 0 Å². The minimum absolute atomic E-state index is 0.145. The molecule has 4 atom stereocenters. The number of benzene rings is 1. The van der Waals surface area contributed by atoms with Gasteiger partial charge in [0.25, 0.3) is 0 Å². The largest absolute Gasteiger partial charge is 0.459 e. The molecule has 4 nitrogen and oxygen atoms in total. The summed E-state index contributed by atoms with van der Waals surface area (Å²) in [5, 5.41) is 13.5. The predicted octanol–water partition coefficient (Wildman–Crippen LogP) is 4.32. The zero-order valence-corrected chi connectivity index (χ0v) is 15.8. The SMILES string of the molecule is O=C(OCc1csc(-c2ccc(F)cc2)n1)C12C[C@@H]3C[C@@H](CC(O)(C3)C1)C2. The standard InChI is InChI=1S/C21H22FNO3S/c22-16-3-1-15(2-4-16)18-23-17(11-27-18)10-26-19(24)20-6-13-5-14(7-20)9-21(25,8-13)12-20/h1-4,11,13-14,25H,5-10,12H2/t13-,14+,20?,21?. The number of nitrogens with zero attached hydrogens (tertiary/aromatic N) is 1. The van der Waals surface area contributed by atoms with E-state index in [1.807, 2.05) is 5.38 Å². The summed E-state index contributed by atoms with van der Waals surface area (Å²) in [6, 6.07) is 6.21. The van der Waals surface area contributed by atoms with E-state index in [0.717, 1.165) is 42.7 Å². The highest BCUT2D eigenvalue weighted by molar-refractivity contribution is 7.13. The van der Waals surface area contributed by atoms with E-state index in [0.29, 0.717) is 24.0 Å². The maximum absolute atomic E-state index is 13.1. The lowest BCUT2D eigenvalue weighted by Gasteiger charge is -2.58. The van der Waals surface area contributed by atoms with Crippen molar-refractivity contribution in [1.82, 2.24) is 4.98 Å². The summed E-state index contributed by atoms with van der Waals surface area (Å²) in [4.78, 5) is 17.4. The number of ether oxygens (including phenoxy) is 1. The summed E-state index contributed by atoms with van der Waals surface area (Å²) in [7, 11) is 0. The van der Waals surface area contributed by atoms with Gasteiger partial charge >= 0.3 is 5.97 Å². The van der Waals surface area contributed by atoms with E-state index in [2.05, 4.69) is 4.98 Å². The topological polar surface area (TPSA) is 59.4 Å². The number of halogens is 1. The maximum atomic E-state index is 13.1. The molecule has 0 spiro atoms. The van der Waals surface area contributed by atoms with E-state index in [1.54, 1.807) is 12.1 Å². The Bertz CT molecular complexity index is 864. The number of thiazole rings is 1. The molecule has 1 aromatic carbocycles. The molecule has 4 fully saturated rings. The molecule has 142 valence electrons. The number of hydrogen-bond acceptors (Lipinski definition) is 5. The van der Waals surface area contributed by atoms with Crippen molar-refractivity contribution in [2.45, 2.75) is 50.7 Å². The van der Waals surface area contributed by atoms with Crippen LogP contribution in [0.2, 0.25) is 0 Å². The number of aliphatic hydroxyl groups is 1. The van der Waals surface area contributed by atoms with Gasteiger partial charge in [0.1, 0.15) is 17.4 Å². The second-order valence-corrected chi connectivity index (χ2v) is 9.55. The van der Waals surface area contributed by atoms with E-state index < -0.39 is 11.0 Å². The number of carbonyl (C=O) groups is 1. The summed E-state index contributed by atoms with van der Waals surface area (Å²) in [5.41, 5.74) is 0.382. The fraction of sp³-hybridized carbons (Fsp3) is 0.524. The molecule has 4 saturated carbocycles. The second-order valence-electron chi connectivity index (χ2n) is 8.69. The zero-order chi connectivity index (χ0) is 18.6. The Morgan fingerprint density at radius 2 is 1.93 bits per heavy atom. The highest BCUT2D eigenvalue weighted by atomic mass is 32.1. The van der Waals surface area contributed by atoms with Gasteiger partial charge in [0.15, 0.2) is 0 Å². The van der Waals surface area contributed by atoms with Crippen LogP contribution in [0, 0.1) is 23.1 Å². The fourth-order valence-electron chi connectivity index (χ4n) is 5.84. The lowest BCUT2D eigenvalue weighted by atomic mass is 9.48. The van der Waals surface area contributed by atoms with E-state index in [4.69, 9.17) is 4.74 Å². The molecule has 1 N–H and O–H groups in total. The van der Waals surface area contributed by atoms with Crippen LogP contribution in [0.25, 0.3) is 10.6 Å². The van der Waals surface area contributed by atoms with Crippen molar-refractivity contribution in [3.8, 4) is 10.6 Å². The smallest absolute Gasteiger partial charge is 0.312 e. The van der Waals surface area contributed by atoms with E-state index in [9.17, 15) is 14.3 Å². The molecule has 0 radical (unpaired) electrons. The molecule has 0 saturated heterocycles. The van der Waals surface area contributed by atoms with Crippen molar-refractivity contribution >= 4 is 17.3 Å². The number of esters is 1. The third-order valence-corrected chi connectivity index (χ3v) is 7.40. The molecule has 4 aliphatic rings. The minimum atomic E-state index is -0.667. The van der Waals surface area contributed by atoms with Crippen molar-refractivity contribution in [3.63, 3.8) is 0 Å². The van der Waals surface area contributed by atoms with E-state index in [1.165, 1.54) is 23.5 Å². The molecule has 6 rings (SSSR count). The van der Waals surface area contributed by atoms with Gasteiger partial charge in [-0.15, -0.1) is 11.3 Å². The predicted molar refractivity (Wildman–Crippen MR) is 99.4 cm³/mol. The number of rotatable bonds is 4.